The number of nitrogens with zero attached hydrogens (tertiary/aromatic N) is 2. The van der Waals surface area contributed by atoms with E-state index in [0.29, 0.717) is 19.3 Å². The first-order chi connectivity index (χ1) is 29.7. The second kappa shape index (κ2) is 24.4. The number of aliphatic hydroxyl groups excluding tert-OH is 2. The molecular weight excluding hydrogens is 821 g/mol. The van der Waals surface area contributed by atoms with E-state index in [0.717, 1.165) is 12.7 Å². The van der Waals surface area contributed by atoms with Crippen LogP contribution in [0.25, 0.3) is 0 Å². The largest absolute Gasteiger partial charge is 0.462 e. The normalized spacial score (nSPS) is 43.5. The maximum absolute atomic E-state index is 13.5. The van der Waals surface area contributed by atoms with Crippen LogP contribution in [-0.4, -0.2) is 182 Å². The predicted octanol–water partition coefficient (Wildman–Crippen LogP) is 3.29. The van der Waals surface area contributed by atoms with Gasteiger partial charge in [0.25, 0.3) is 0 Å². The SMILES string of the molecule is CCC(=O)O[C@@H]1CC(=O)O[C@H](C)C/C=C\C=C\[C@H](O[C@H]2CC[C@H](N(C)C)[C@H](C)O2)[C@H](C)C[C@H](CC=O)[C@H](O[C@@H]2O[C@H](C)[C@@H](O[C@H]3C[C@@](C)(O)[C@@H](O)[C@H](C)O3)[C@H](N(C)C)[C@H]2O)C1OC. The molecule has 0 aliphatic carbocycles. The highest BCUT2D eigenvalue weighted by Gasteiger charge is 2.52. The molecule has 3 N–H and O–H groups in total. The Morgan fingerprint density at radius 1 is 0.905 bits per heavy atom. The standard InChI is InChI=1S/C46H78N2O15/c1-13-35(50)60-34-24-36(51)56-27(3)17-15-14-16-18-33(61-37-20-19-32(47(8)9)28(4)57-37)26(2)23-31(21-22-49)42(43(34)55-12)63-45-40(52)39(48(10)11)41(29(5)59-45)62-38-25-46(7,54)44(53)30(6)58-38/h14-16,18,22,26-34,37-45,52-54H,13,17,19-21,23-25H2,1-12H3/b15-14-,18-16+/t26-,27-,28+,29-,30+,31+,32+,33+,34-,37+,38+,39-,40-,41-,42+,43?,44+,45+,46-/m1/s1. The lowest BCUT2D eigenvalue weighted by atomic mass is 9.82. The maximum atomic E-state index is 13.5. The van der Waals surface area contributed by atoms with Crippen LogP contribution < -0.4 is 0 Å². The number of carbonyl (C=O) groups excluding carboxylic acids is 3. The summed E-state index contributed by atoms with van der Waals surface area (Å²) in [6.07, 6.45) is -1.76. The number of carbonyl (C=O) groups is 3. The zero-order valence-electron chi connectivity index (χ0n) is 39.6. The number of methoxy groups -OCH3 is 1. The zero-order valence-corrected chi connectivity index (χ0v) is 39.6. The third-order valence-corrected chi connectivity index (χ3v) is 12.9. The van der Waals surface area contributed by atoms with Crippen molar-refractivity contribution in [2.75, 3.05) is 35.3 Å². The van der Waals surface area contributed by atoms with Crippen LogP contribution in [-0.2, 0) is 57.0 Å². The van der Waals surface area contributed by atoms with Crippen LogP contribution in [0.3, 0.4) is 0 Å². The Balaban J connectivity index is 1.74. The van der Waals surface area contributed by atoms with Gasteiger partial charge in [-0.25, -0.2) is 0 Å². The second-order valence-electron chi connectivity index (χ2n) is 18.6. The maximum Gasteiger partial charge on any atom is 0.309 e. The topological polar surface area (TPSA) is 201 Å². The van der Waals surface area contributed by atoms with Crippen LogP contribution in [0.1, 0.15) is 99.8 Å². The van der Waals surface area contributed by atoms with Gasteiger partial charge in [-0.05, 0) is 93.9 Å². The minimum Gasteiger partial charge on any atom is -0.462 e. The molecule has 0 bridgehead atoms. The van der Waals surface area contributed by atoms with Gasteiger partial charge >= 0.3 is 11.9 Å². The molecule has 4 aliphatic heterocycles. The second-order valence-corrected chi connectivity index (χ2v) is 18.6. The molecule has 0 radical (unpaired) electrons. The first-order valence-corrected chi connectivity index (χ1v) is 22.7. The molecule has 0 aromatic carbocycles. The lowest BCUT2D eigenvalue weighted by molar-refractivity contribution is -0.344. The van der Waals surface area contributed by atoms with E-state index in [1.807, 2.05) is 52.2 Å². The molecule has 3 fully saturated rings. The van der Waals surface area contributed by atoms with Crippen molar-refractivity contribution in [3.8, 4) is 0 Å². The molecule has 4 rings (SSSR count). The summed E-state index contributed by atoms with van der Waals surface area (Å²) in [6.45, 7) is 12.4. The number of aldehydes is 1. The van der Waals surface area contributed by atoms with Crippen molar-refractivity contribution in [2.24, 2.45) is 11.8 Å². The molecule has 362 valence electrons. The number of rotatable bonds is 13. The fraction of sp³-hybridized carbons (Fsp3) is 0.848. The molecule has 0 saturated carbocycles. The number of cyclic esters (lactones) is 1. The molecule has 0 amide bonds. The summed E-state index contributed by atoms with van der Waals surface area (Å²) >= 11 is 0. The molecule has 0 aromatic rings. The minimum absolute atomic E-state index is 0.0117. The fourth-order valence-corrected chi connectivity index (χ4v) is 9.44. The summed E-state index contributed by atoms with van der Waals surface area (Å²) in [7, 11) is 9.04. The summed E-state index contributed by atoms with van der Waals surface area (Å²) in [5.74, 6) is -2.12. The highest BCUT2D eigenvalue weighted by Crippen LogP contribution is 2.38. The van der Waals surface area contributed by atoms with Crippen LogP contribution in [0, 0.1) is 11.8 Å². The number of ether oxygens (including phenoxy) is 9. The number of esters is 2. The Kier molecular flexibility index (Phi) is 20.6. The van der Waals surface area contributed by atoms with Crippen molar-refractivity contribution < 1.29 is 72.3 Å². The van der Waals surface area contributed by atoms with Crippen molar-refractivity contribution in [1.29, 1.82) is 0 Å². The molecule has 63 heavy (non-hydrogen) atoms. The molecule has 17 heteroatoms. The van der Waals surface area contributed by atoms with Gasteiger partial charge in [0, 0.05) is 38.8 Å². The molecule has 1 unspecified atom stereocenters. The van der Waals surface area contributed by atoms with Crippen LogP contribution in [0.4, 0.5) is 0 Å². The van der Waals surface area contributed by atoms with Gasteiger partial charge < -0.3 is 72.5 Å². The summed E-state index contributed by atoms with van der Waals surface area (Å²) in [5.41, 5.74) is -1.49. The van der Waals surface area contributed by atoms with Crippen molar-refractivity contribution in [3.05, 3.63) is 24.3 Å². The molecule has 19 atom stereocenters. The van der Waals surface area contributed by atoms with E-state index in [1.165, 1.54) is 14.0 Å². The van der Waals surface area contributed by atoms with Gasteiger partial charge in [-0.3, -0.25) is 9.59 Å². The van der Waals surface area contributed by atoms with Gasteiger partial charge in [0.05, 0.1) is 48.6 Å². The van der Waals surface area contributed by atoms with E-state index in [4.69, 9.17) is 42.6 Å². The van der Waals surface area contributed by atoms with Crippen molar-refractivity contribution >= 4 is 18.2 Å². The number of hydrogen-bond acceptors (Lipinski definition) is 17. The van der Waals surface area contributed by atoms with Gasteiger partial charge in [-0.15, -0.1) is 0 Å². The monoisotopic (exact) mass is 899 g/mol. The Morgan fingerprint density at radius 2 is 1.60 bits per heavy atom. The van der Waals surface area contributed by atoms with Gasteiger partial charge in [0.1, 0.15) is 42.9 Å². The molecule has 17 nitrogen and oxygen atoms in total. The predicted molar refractivity (Wildman–Crippen MR) is 231 cm³/mol. The minimum atomic E-state index is -1.49. The number of hydrogen-bond donors (Lipinski definition) is 3. The Labute approximate surface area is 374 Å². The molecule has 3 saturated heterocycles. The van der Waals surface area contributed by atoms with Crippen molar-refractivity contribution in [1.82, 2.24) is 9.80 Å². The average molecular weight is 899 g/mol. The summed E-state index contributed by atoms with van der Waals surface area (Å²) < 4.78 is 56.7. The quantitative estimate of drug-likeness (QED) is 0.180. The number of likely N-dealkylation sites (N-methyl/N-ethyl adjacent to an activating group) is 2. The highest BCUT2D eigenvalue weighted by atomic mass is 16.7. The first kappa shape index (κ1) is 53.2. The lowest BCUT2D eigenvalue weighted by Crippen LogP contribution is -2.65. The summed E-state index contributed by atoms with van der Waals surface area (Å²) in [5, 5.41) is 33.7. The Hall–Kier alpha value is -2.39. The fourth-order valence-electron chi connectivity index (χ4n) is 9.44. The molecule has 0 aromatic heterocycles. The third kappa shape index (κ3) is 14.5. The van der Waals surface area contributed by atoms with E-state index in [1.54, 1.807) is 46.7 Å². The average Bonchev–Trinajstić information content (AvgIpc) is 3.19. The van der Waals surface area contributed by atoms with Gasteiger partial charge in [-0.1, -0.05) is 38.2 Å². The number of allylic oxidation sites excluding steroid dienone is 2. The van der Waals surface area contributed by atoms with E-state index in [9.17, 15) is 29.7 Å². The number of aliphatic hydroxyl groups is 3. The highest BCUT2D eigenvalue weighted by molar-refractivity contribution is 5.72. The van der Waals surface area contributed by atoms with Crippen LogP contribution in [0.5, 0.6) is 0 Å². The van der Waals surface area contributed by atoms with Crippen LogP contribution in [0.15, 0.2) is 24.3 Å². The van der Waals surface area contributed by atoms with Crippen LogP contribution >= 0.6 is 0 Å². The zero-order chi connectivity index (χ0) is 46.8. The van der Waals surface area contributed by atoms with Crippen molar-refractivity contribution in [2.45, 2.75) is 204 Å². The van der Waals surface area contributed by atoms with Crippen molar-refractivity contribution in [3.63, 3.8) is 0 Å². The molecule has 4 heterocycles. The smallest absolute Gasteiger partial charge is 0.309 e. The summed E-state index contributed by atoms with van der Waals surface area (Å²) in [4.78, 5) is 43.2. The molecule has 4 aliphatic rings. The first-order valence-electron chi connectivity index (χ1n) is 22.7. The summed E-state index contributed by atoms with van der Waals surface area (Å²) in [6, 6.07) is -0.510. The van der Waals surface area contributed by atoms with Gasteiger partial charge in [-0.2, -0.15) is 0 Å². The third-order valence-electron chi connectivity index (χ3n) is 12.9. The lowest BCUT2D eigenvalue weighted by Gasteiger charge is -2.50. The van der Waals surface area contributed by atoms with E-state index in [-0.39, 0.29) is 43.7 Å². The Morgan fingerprint density at radius 3 is 2.21 bits per heavy atom. The molecular formula is C46H78N2O15. The van der Waals surface area contributed by atoms with E-state index >= 15 is 0 Å². The van der Waals surface area contributed by atoms with Gasteiger partial charge in [0.15, 0.2) is 18.9 Å². The van der Waals surface area contributed by atoms with Gasteiger partial charge in [0.2, 0.25) is 0 Å². The van der Waals surface area contributed by atoms with E-state index < -0.39 is 109 Å². The molecule has 0 spiro atoms. The van der Waals surface area contributed by atoms with Crippen LogP contribution in [0.2, 0.25) is 0 Å². The van der Waals surface area contributed by atoms with E-state index in [2.05, 4.69) is 4.90 Å². The Bertz CT molecular complexity index is 1490.